The van der Waals surface area contributed by atoms with Crippen molar-refractivity contribution in [3.8, 4) is 0 Å². The van der Waals surface area contributed by atoms with Crippen LogP contribution < -0.4 is 15.5 Å². The van der Waals surface area contributed by atoms with E-state index in [2.05, 4.69) is 20.5 Å². The number of hydrogen-bond acceptors (Lipinski definition) is 4. The van der Waals surface area contributed by atoms with Crippen molar-refractivity contribution in [1.82, 2.24) is 15.6 Å². The van der Waals surface area contributed by atoms with Crippen molar-refractivity contribution in [2.45, 2.75) is 19.3 Å². The van der Waals surface area contributed by atoms with Crippen LogP contribution in [0.25, 0.3) is 0 Å². The molecular weight excluding hydrogens is 256 g/mol. The second-order valence-electron chi connectivity index (χ2n) is 4.75. The zero-order valence-corrected chi connectivity index (χ0v) is 11.5. The molecule has 0 unspecified atom stereocenters. The summed E-state index contributed by atoms with van der Waals surface area (Å²) in [7, 11) is 0. The summed E-state index contributed by atoms with van der Waals surface area (Å²) in [5, 5.41) is 5.43. The molecule has 2 amide bonds. The summed E-state index contributed by atoms with van der Waals surface area (Å²) in [6.45, 7) is 3.02. The quantitative estimate of drug-likeness (QED) is 0.563. The molecule has 1 aromatic rings. The number of hydrogen-bond donors (Lipinski definition) is 2. The Labute approximate surface area is 118 Å². The van der Waals surface area contributed by atoms with E-state index < -0.39 is 0 Å². The van der Waals surface area contributed by atoms with Gasteiger partial charge in [-0.25, -0.2) is 4.98 Å². The molecule has 2 rings (SSSR count). The van der Waals surface area contributed by atoms with Gasteiger partial charge in [0.25, 0.3) is 5.91 Å². The van der Waals surface area contributed by atoms with Gasteiger partial charge in [0.15, 0.2) is 0 Å². The Hall–Kier alpha value is -2.11. The first-order valence-corrected chi connectivity index (χ1v) is 6.98. The minimum Gasteiger partial charge on any atom is -0.359 e. The van der Waals surface area contributed by atoms with Gasteiger partial charge in [0.2, 0.25) is 6.41 Å². The van der Waals surface area contributed by atoms with Crippen LogP contribution in [0.5, 0.6) is 0 Å². The number of carbonyl (C=O) groups excluding carboxylic acids is 2. The van der Waals surface area contributed by atoms with Crippen molar-refractivity contribution in [3.63, 3.8) is 0 Å². The van der Waals surface area contributed by atoms with Crippen molar-refractivity contribution in [2.75, 3.05) is 31.1 Å². The van der Waals surface area contributed by atoms with Gasteiger partial charge in [-0.15, -0.1) is 0 Å². The first-order chi connectivity index (χ1) is 9.83. The maximum atomic E-state index is 12.2. The van der Waals surface area contributed by atoms with Crippen LogP contribution in [0.1, 0.15) is 29.6 Å². The first kappa shape index (κ1) is 14.3. The van der Waals surface area contributed by atoms with Gasteiger partial charge in [-0.3, -0.25) is 9.59 Å². The maximum absolute atomic E-state index is 12.2. The van der Waals surface area contributed by atoms with E-state index in [1.54, 1.807) is 18.3 Å². The smallest absolute Gasteiger partial charge is 0.255 e. The topological polar surface area (TPSA) is 74.3 Å². The Morgan fingerprint density at radius 2 is 2.15 bits per heavy atom. The number of aromatic nitrogens is 1. The molecule has 0 aromatic carbocycles. The van der Waals surface area contributed by atoms with Crippen molar-refractivity contribution in [3.05, 3.63) is 23.9 Å². The lowest BCUT2D eigenvalue weighted by molar-refractivity contribution is -0.109. The van der Waals surface area contributed by atoms with Crippen LogP contribution in [0.4, 0.5) is 5.82 Å². The van der Waals surface area contributed by atoms with Crippen LogP contribution in [0.15, 0.2) is 18.3 Å². The van der Waals surface area contributed by atoms with Crippen molar-refractivity contribution in [2.24, 2.45) is 0 Å². The van der Waals surface area contributed by atoms with Gasteiger partial charge in [0, 0.05) is 32.4 Å². The SMILES string of the molecule is O=CNCCCNC(=O)c1cccnc1N1CCCC1. The summed E-state index contributed by atoms with van der Waals surface area (Å²) in [5.74, 6) is 0.666. The summed E-state index contributed by atoms with van der Waals surface area (Å²) < 4.78 is 0. The molecule has 108 valence electrons. The summed E-state index contributed by atoms with van der Waals surface area (Å²) >= 11 is 0. The molecule has 6 heteroatoms. The highest BCUT2D eigenvalue weighted by molar-refractivity contribution is 5.98. The third-order valence-electron chi connectivity index (χ3n) is 3.30. The molecule has 0 atom stereocenters. The molecule has 20 heavy (non-hydrogen) atoms. The highest BCUT2D eigenvalue weighted by Gasteiger charge is 2.20. The van der Waals surface area contributed by atoms with E-state index in [4.69, 9.17) is 0 Å². The Bertz CT molecular complexity index is 458. The van der Waals surface area contributed by atoms with E-state index in [0.717, 1.165) is 31.7 Å². The lowest BCUT2D eigenvalue weighted by Gasteiger charge is -2.19. The number of nitrogens with one attached hydrogen (secondary N) is 2. The van der Waals surface area contributed by atoms with Gasteiger partial charge in [-0.1, -0.05) is 0 Å². The largest absolute Gasteiger partial charge is 0.359 e. The minimum atomic E-state index is -0.105. The molecule has 1 fully saturated rings. The highest BCUT2D eigenvalue weighted by atomic mass is 16.1. The molecule has 1 aliphatic rings. The first-order valence-electron chi connectivity index (χ1n) is 6.98. The van der Waals surface area contributed by atoms with Gasteiger partial charge in [-0.05, 0) is 31.4 Å². The van der Waals surface area contributed by atoms with E-state index in [0.29, 0.717) is 31.5 Å². The lowest BCUT2D eigenvalue weighted by Crippen LogP contribution is -2.30. The Morgan fingerprint density at radius 1 is 1.35 bits per heavy atom. The molecule has 1 aromatic heterocycles. The fourth-order valence-electron chi connectivity index (χ4n) is 2.30. The predicted molar refractivity (Wildman–Crippen MR) is 76.7 cm³/mol. The van der Waals surface area contributed by atoms with E-state index in [9.17, 15) is 9.59 Å². The van der Waals surface area contributed by atoms with Crippen LogP contribution >= 0.6 is 0 Å². The monoisotopic (exact) mass is 276 g/mol. The molecule has 1 aliphatic heterocycles. The number of nitrogens with zero attached hydrogens (tertiary/aromatic N) is 2. The van der Waals surface area contributed by atoms with Crippen molar-refractivity contribution < 1.29 is 9.59 Å². The van der Waals surface area contributed by atoms with Gasteiger partial charge < -0.3 is 15.5 Å². The van der Waals surface area contributed by atoms with E-state index >= 15 is 0 Å². The molecular formula is C14H20N4O2. The van der Waals surface area contributed by atoms with Gasteiger partial charge in [0.1, 0.15) is 5.82 Å². The normalized spacial score (nSPS) is 14.1. The van der Waals surface area contributed by atoms with Gasteiger partial charge in [-0.2, -0.15) is 0 Å². The van der Waals surface area contributed by atoms with Crippen molar-refractivity contribution >= 4 is 18.1 Å². The lowest BCUT2D eigenvalue weighted by atomic mass is 10.2. The number of amides is 2. The van der Waals surface area contributed by atoms with E-state index in [1.165, 1.54) is 0 Å². The Morgan fingerprint density at radius 3 is 2.90 bits per heavy atom. The zero-order valence-electron chi connectivity index (χ0n) is 11.5. The highest BCUT2D eigenvalue weighted by Crippen LogP contribution is 2.21. The molecule has 0 radical (unpaired) electrons. The van der Waals surface area contributed by atoms with Crippen LogP contribution in [-0.2, 0) is 4.79 Å². The summed E-state index contributed by atoms with van der Waals surface area (Å²) in [6, 6.07) is 3.59. The van der Waals surface area contributed by atoms with E-state index in [-0.39, 0.29) is 5.91 Å². The summed E-state index contributed by atoms with van der Waals surface area (Å²) in [6.07, 6.45) is 5.39. The second kappa shape index (κ2) is 7.47. The second-order valence-corrected chi connectivity index (χ2v) is 4.75. The molecule has 2 N–H and O–H groups in total. The number of pyridine rings is 1. The standard InChI is InChI=1S/C14H20N4O2/c19-11-15-6-4-8-17-14(20)12-5-3-7-16-13(12)18-9-1-2-10-18/h3,5,7,11H,1-2,4,6,8-10H2,(H,15,19)(H,17,20). The predicted octanol–water partition coefficient (Wildman–Crippen LogP) is 0.548. The average molecular weight is 276 g/mol. The minimum absolute atomic E-state index is 0.105. The summed E-state index contributed by atoms with van der Waals surface area (Å²) in [5.41, 5.74) is 0.623. The zero-order chi connectivity index (χ0) is 14.2. The Kier molecular flexibility index (Phi) is 5.34. The molecule has 2 heterocycles. The van der Waals surface area contributed by atoms with Crippen LogP contribution in [-0.4, -0.2) is 43.5 Å². The van der Waals surface area contributed by atoms with Gasteiger partial charge >= 0.3 is 0 Å². The number of carbonyl (C=O) groups is 2. The fourth-order valence-corrected chi connectivity index (χ4v) is 2.30. The van der Waals surface area contributed by atoms with E-state index in [1.807, 2.05) is 0 Å². The average Bonchev–Trinajstić information content (AvgIpc) is 3.01. The molecule has 1 saturated heterocycles. The van der Waals surface area contributed by atoms with Crippen LogP contribution in [0.2, 0.25) is 0 Å². The molecule has 0 spiro atoms. The maximum Gasteiger partial charge on any atom is 0.255 e. The van der Waals surface area contributed by atoms with Crippen LogP contribution in [0, 0.1) is 0 Å². The molecule has 0 aliphatic carbocycles. The Balaban J connectivity index is 1.93. The summed E-state index contributed by atoms with van der Waals surface area (Å²) in [4.78, 5) is 28.8. The molecule has 6 nitrogen and oxygen atoms in total. The molecule has 0 bridgehead atoms. The molecule has 0 saturated carbocycles. The van der Waals surface area contributed by atoms with Gasteiger partial charge in [0.05, 0.1) is 5.56 Å². The third-order valence-corrected chi connectivity index (χ3v) is 3.30. The fraction of sp³-hybridized carbons (Fsp3) is 0.500. The van der Waals surface area contributed by atoms with Crippen molar-refractivity contribution in [1.29, 1.82) is 0 Å². The third kappa shape index (κ3) is 3.69. The van der Waals surface area contributed by atoms with Crippen LogP contribution in [0.3, 0.4) is 0 Å². The number of anilines is 1. The number of rotatable bonds is 7.